The van der Waals surface area contributed by atoms with Gasteiger partial charge in [-0.2, -0.15) is 0 Å². The van der Waals surface area contributed by atoms with Crippen LogP contribution >= 0.6 is 0 Å². The van der Waals surface area contributed by atoms with Gasteiger partial charge >= 0.3 is 0 Å². The molecule has 1 aromatic rings. The van der Waals surface area contributed by atoms with Gasteiger partial charge in [0.1, 0.15) is 5.75 Å². The molecule has 0 saturated carbocycles. The summed E-state index contributed by atoms with van der Waals surface area (Å²) >= 11 is 0. The monoisotopic (exact) mass is 163 g/mol. The minimum Gasteiger partial charge on any atom is -0.496 e. The highest BCUT2D eigenvalue weighted by Gasteiger charge is 2.05. The second-order valence-corrected chi connectivity index (χ2v) is 2.69. The first-order valence-electron chi connectivity index (χ1n) is 3.83. The van der Waals surface area contributed by atoms with Crippen molar-refractivity contribution < 1.29 is 4.74 Å². The Hall–Kier alpha value is -1.31. The van der Waals surface area contributed by atoms with Crippen molar-refractivity contribution in [2.24, 2.45) is 0 Å². The maximum atomic E-state index is 5.23. The molecular weight excluding hydrogens is 150 g/mol. The second-order valence-electron chi connectivity index (χ2n) is 2.69. The molecule has 0 saturated heterocycles. The van der Waals surface area contributed by atoms with Gasteiger partial charge in [0.25, 0.3) is 0 Å². The fourth-order valence-corrected chi connectivity index (χ4v) is 1.25. The van der Waals surface area contributed by atoms with Crippen LogP contribution in [0.3, 0.4) is 0 Å². The van der Waals surface area contributed by atoms with Crippen LogP contribution in [0.2, 0.25) is 0 Å². The van der Waals surface area contributed by atoms with Crippen LogP contribution in [0.15, 0.2) is 12.8 Å². The van der Waals surface area contributed by atoms with Crippen molar-refractivity contribution in [2.75, 3.05) is 7.11 Å². The van der Waals surface area contributed by atoms with E-state index in [-0.39, 0.29) is 0 Å². The number of aromatic nitrogens is 1. The lowest BCUT2D eigenvalue weighted by Crippen LogP contribution is -1.95. The molecular formula is C10H13NO. The van der Waals surface area contributed by atoms with E-state index in [0.29, 0.717) is 0 Å². The SMILES string of the molecule is C=Cc1ncc(C)c(OC)c1C. The molecule has 2 nitrogen and oxygen atoms in total. The lowest BCUT2D eigenvalue weighted by Gasteiger charge is -2.09. The van der Waals surface area contributed by atoms with E-state index >= 15 is 0 Å². The maximum Gasteiger partial charge on any atom is 0.128 e. The Bertz CT molecular complexity index is 305. The molecule has 0 aliphatic carbocycles. The Labute approximate surface area is 72.9 Å². The predicted octanol–water partition coefficient (Wildman–Crippen LogP) is 2.35. The van der Waals surface area contributed by atoms with Gasteiger partial charge in [-0.05, 0) is 19.9 Å². The number of hydrogen-bond donors (Lipinski definition) is 0. The van der Waals surface area contributed by atoms with E-state index in [2.05, 4.69) is 11.6 Å². The topological polar surface area (TPSA) is 22.1 Å². The molecule has 0 atom stereocenters. The summed E-state index contributed by atoms with van der Waals surface area (Å²) < 4.78 is 5.23. The van der Waals surface area contributed by atoms with Crippen LogP contribution < -0.4 is 4.74 Å². The number of pyridine rings is 1. The number of nitrogens with zero attached hydrogens (tertiary/aromatic N) is 1. The van der Waals surface area contributed by atoms with Crippen molar-refractivity contribution in [3.8, 4) is 5.75 Å². The third kappa shape index (κ3) is 1.33. The molecule has 0 N–H and O–H groups in total. The van der Waals surface area contributed by atoms with Gasteiger partial charge in [0, 0.05) is 17.3 Å². The van der Waals surface area contributed by atoms with Crippen molar-refractivity contribution in [2.45, 2.75) is 13.8 Å². The minimum atomic E-state index is 0.887. The molecule has 12 heavy (non-hydrogen) atoms. The van der Waals surface area contributed by atoms with E-state index in [0.717, 1.165) is 22.6 Å². The summed E-state index contributed by atoms with van der Waals surface area (Å²) in [6.45, 7) is 7.64. The normalized spacial score (nSPS) is 9.58. The predicted molar refractivity (Wildman–Crippen MR) is 50.4 cm³/mol. The average molecular weight is 163 g/mol. The summed E-state index contributed by atoms with van der Waals surface area (Å²) in [5.41, 5.74) is 2.99. The van der Waals surface area contributed by atoms with Crippen molar-refractivity contribution >= 4 is 6.08 Å². The summed E-state index contributed by atoms with van der Waals surface area (Å²) in [7, 11) is 1.67. The van der Waals surface area contributed by atoms with Crippen molar-refractivity contribution in [3.63, 3.8) is 0 Å². The van der Waals surface area contributed by atoms with Gasteiger partial charge in [-0.15, -0.1) is 0 Å². The fraction of sp³-hybridized carbons (Fsp3) is 0.300. The highest BCUT2D eigenvalue weighted by atomic mass is 16.5. The zero-order valence-electron chi connectivity index (χ0n) is 7.72. The smallest absolute Gasteiger partial charge is 0.128 e. The van der Waals surface area contributed by atoms with Gasteiger partial charge in [-0.1, -0.05) is 6.58 Å². The number of methoxy groups -OCH3 is 1. The molecule has 0 radical (unpaired) electrons. The number of aryl methyl sites for hydroxylation is 1. The van der Waals surface area contributed by atoms with Crippen LogP contribution in [0.5, 0.6) is 5.75 Å². The molecule has 2 heteroatoms. The van der Waals surface area contributed by atoms with Gasteiger partial charge < -0.3 is 4.74 Å². The summed E-state index contributed by atoms with van der Waals surface area (Å²) in [5.74, 6) is 0.903. The molecule has 1 heterocycles. The molecule has 0 fully saturated rings. The van der Waals surface area contributed by atoms with Gasteiger partial charge in [-0.25, -0.2) is 0 Å². The zero-order chi connectivity index (χ0) is 9.14. The molecule has 0 aromatic carbocycles. The molecule has 1 rings (SSSR count). The Morgan fingerprint density at radius 2 is 2.17 bits per heavy atom. The number of hydrogen-bond acceptors (Lipinski definition) is 2. The number of ether oxygens (including phenoxy) is 1. The molecule has 0 aliphatic rings. The van der Waals surface area contributed by atoms with E-state index in [4.69, 9.17) is 4.74 Å². The van der Waals surface area contributed by atoms with Crippen LogP contribution in [-0.2, 0) is 0 Å². The second kappa shape index (κ2) is 3.39. The van der Waals surface area contributed by atoms with Gasteiger partial charge in [0.2, 0.25) is 0 Å². The van der Waals surface area contributed by atoms with Crippen LogP contribution in [0.4, 0.5) is 0 Å². The molecule has 0 unspecified atom stereocenters. The van der Waals surface area contributed by atoms with Crippen LogP contribution in [-0.4, -0.2) is 12.1 Å². The molecule has 0 bridgehead atoms. The summed E-state index contributed by atoms with van der Waals surface area (Å²) in [4.78, 5) is 4.21. The Morgan fingerprint density at radius 3 is 2.67 bits per heavy atom. The fourth-order valence-electron chi connectivity index (χ4n) is 1.25. The largest absolute Gasteiger partial charge is 0.496 e. The van der Waals surface area contributed by atoms with E-state index < -0.39 is 0 Å². The van der Waals surface area contributed by atoms with Crippen molar-refractivity contribution in [3.05, 3.63) is 29.6 Å². The van der Waals surface area contributed by atoms with E-state index in [1.807, 2.05) is 13.8 Å². The van der Waals surface area contributed by atoms with Gasteiger partial charge in [0.15, 0.2) is 0 Å². The zero-order valence-corrected chi connectivity index (χ0v) is 7.72. The lowest BCUT2D eigenvalue weighted by atomic mass is 10.1. The standard InChI is InChI=1S/C10H13NO/c1-5-9-8(3)10(12-4)7(2)6-11-9/h5-6H,1H2,2-4H3. The molecule has 64 valence electrons. The average Bonchev–Trinajstić information content (AvgIpc) is 2.06. The third-order valence-corrected chi connectivity index (χ3v) is 1.88. The first-order chi connectivity index (χ1) is 5.70. The van der Waals surface area contributed by atoms with E-state index in [1.54, 1.807) is 19.4 Å². The Morgan fingerprint density at radius 1 is 1.50 bits per heavy atom. The van der Waals surface area contributed by atoms with Crippen LogP contribution in [0.25, 0.3) is 6.08 Å². The minimum absolute atomic E-state index is 0.887. The highest BCUT2D eigenvalue weighted by Crippen LogP contribution is 2.23. The highest BCUT2D eigenvalue weighted by molar-refractivity contribution is 5.53. The van der Waals surface area contributed by atoms with E-state index in [1.165, 1.54) is 0 Å². The Balaban J connectivity index is 3.33. The van der Waals surface area contributed by atoms with E-state index in [9.17, 15) is 0 Å². The number of rotatable bonds is 2. The molecule has 0 spiro atoms. The van der Waals surface area contributed by atoms with Crippen LogP contribution in [0, 0.1) is 13.8 Å². The summed E-state index contributed by atoms with van der Waals surface area (Å²) in [6.07, 6.45) is 3.53. The first-order valence-corrected chi connectivity index (χ1v) is 3.83. The summed E-state index contributed by atoms with van der Waals surface area (Å²) in [6, 6.07) is 0. The van der Waals surface area contributed by atoms with Crippen molar-refractivity contribution in [1.82, 2.24) is 4.98 Å². The lowest BCUT2D eigenvalue weighted by molar-refractivity contribution is 0.407. The molecule has 1 aromatic heterocycles. The molecule has 0 amide bonds. The Kier molecular flexibility index (Phi) is 2.48. The molecule has 0 aliphatic heterocycles. The summed E-state index contributed by atoms with van der Waals surface area (Å²) in [5, 5.41) is 0. The first kappa shape index (κ1) is 8.78. The third-order valence-electron chi connectivity index (χ3n) is 1.88. The maximum absolute atomic E-state index is 5.23. The van der Waals surface area contributed by atoms with Crippen LogP contribution in [0.1, 0.15) is 16.8 Å². The van der Waals surface area contributed by atoms with Crippen molar-refractivity contribution in [1.29, 1.82) is 0 Å². The van der Waals surface area contributed by atoms with Gasteiger partial charge in [0.05, 0.1) is 12.8 Å². The quantitative estimate of drug-likeness (QED) is 0.667. The van der Waals surface area contributed by atoms with Gasteiger partial charge in [-0.3, -0.25) is 4.98 Å².